The van der Waals surface area contributed by atoms with E-state index in [1.54, 1.807) is 40.8 Å². The van der Waals surface area contributed by atoms with Gasteiger partial charge in [0.05, 0.1) is 36.2 Å². The van der Waals surface area contributed by atoms with Crippen LogP contribution in [0.3, 0.4) is 0 Å². The van der Waals surface area contributed by atoms with Gasteiger partial charge in [0.15, 0.2) is 5.60 Å². The Morgan fingerprint density at radius 1 is 1.03 bits per heavy atom. The SMILES string of the molecule is Cn1cncc1C(O)(c1ccc(CC#N)cc1)c1ccc2c(c1)c(-c1cccc(Cl)c1)cc(=O)n2C. The Labute approximate surface area is 213 Å². The van der Waals surface area contributed by atoms with E-state index in [2.05, 4.69) is 11.1 Å². The third-order valence-corrected chi connectivity index (χ3v) is 6.88. The Hall–Kier alpha value is -4.18. The highest BCUT2D eigenvalue weighted by Gasteiger charge is 2.37. The molecule has 0 aliphatic carbocycles. The zero-order chi connectivity index (χ0) is 25.4. The van der Waals surface area contributed by atoms with Crippen molar-refractivity contribution in [1.82, 2.24) is 14.1 Å². The Kier molecular flexibility index (Phi) is 5.97. The minimum absolute atomic E-state index is 0.139. The van der Waals surface area contributed by atoms with E-state index in [4.69, 9.17) is 16.9 Å². The van der Waals surface area contributed by atoms with E-state index in [1.807, 2.05) is 67.7 Å². The first kappa shape index (κ1) is 23.6. The lowest BCUT2D eigenvalue weighted by molar-refractivity contribution is 0.117. The van der Waals surface area contributed by atoms with Crippen LogP contribution >= 0.6 is 11.6 Å². The van der Waals surface area contributed by atoms with Gasteiger partial charge < -0.3 is 14.2 Å². The van der Waals surface area contributed by atoms with Crippen molar-refractivity contribution in [3.63, 3.8) is 0 Å². The summed E-state index contributed by atoms with van der Waals surface area (Å²) in [5, 5.41) is 22.8. The summed E-state index contributed by atoms with van der Waals surface area (Å²) in [6.07, 6.45) is 3.58. The van der Waals surface area contributed by atoms with Crippen molar-refractivity contribution in [2.45, 2.75) is 12.0 Å². The molecule has 7 heteroatoms. The van der Waals surface area contributed by atoms with Crippen LogP contribution in [0.2, 0.25) is 5.02 Å². The number of nitriles is 1. The number of fused-ring (bicyclic) bond motifs is 1. The molecule has 0 spiro atoms. The molecule has 0 bridgehead atoms. The van der Waals surface area contributed by atoms with Crippen molar-refractivity contribution in [2.75, 3.05) is 0 Å². The summed E-state index contributed by atoms with van der Waals surface area (Å²) >= 11 is 6.27. The van der Waals surface area contributed by atoms with E-state index in [0.29, 0.717) is 21.8 Å². The number of rotatable bonds is 5. The molecule has 0 saturated heterocycles. The van der Waals surface area contributed by atoms with Crippen LogP contribution in [-0.2, 0) is 26.1 Å². The number of hydrogen-bond acceptors (Lipinski definition) is 4. The van der Waals surface area contributed by atoms with Crippen LogP contribution in [0.5, 0.6) is 0 Å². The fourth-order valence-corrected chi connectivity index (χ4v) is 4.89. The molecule has 2 heterocycles. The van der Waals surface area contributed by atoms with Crippen molar-refractivity contribution in [2.24, 2.45) is 14.1 Å². The molecule has 0 fully saturated rings. The van der Waals surface area contributed by atoms with E-state index in [-0.39, 0.29) is 12.0 Å². The van der Waals surface area contributed by atoms with E-state index in [0.717, 1.165) is 27.6 Å². The van der Waals surface area contributed by atoms with Crippen LogP contribution in [0.15, 0.2) is 90.1 Å². The molecule has 5 aromatic rings. The average Bonchev–Trinajstić information content (AvgIpc) is 3.32. The molecular formula is C29H23ClN4O2. The van der Waals surface area contributed by atoms with Gasteiger partial charge in [0.2, 0.25) is 0 Å². The molecule has 0 aliphatic rings. The van der Waals surface area contributed by atoms with E-state index in [9.17, 15) is 9.90 Å². The van der Waals surface area contributed by atoms with Crippen LogP contribution in [0.25, 0.3) is 22.0 Å². The summed E-state index contributed by atoms with van der Waals surface area (Å²) in [5.74, 6) is 0. The Bertz CT molecular complexity index is 1700. The first-order valence-corrected chi connectivity index (χ1v) is 11.8. The second kappa shape index (κ2) is 9.12. The van der Waals surface area contributed by atoms with Gasteiger partial charge in [0, 0.05) is 30.6 Å². The zero-order valence-corrected chi connectivity index (χ0v) is 20.6. The second-order valence-corrected chi connectivity index (χ2v) is 9.27. The van der Waals surface area contributed by atoms with Gasteiger partial charge in [0.1, 0.15) is 0 Å². The molecule has 5 rings (SSSR count). The lowest BCUT2D eigenvalue weighted by Gasteiger charge is -2.30. The molecule has 1 N–H and O–H groups in total. The summed E-state index contributed by atoms with van der Waals surface area (Å²) in [4.78, 5) is 17.0. The number of hydrogen-bond donors (Lipinski definition) is 1. The fraction of sp³-hybridized carbons (Fsp3) is 0.138. The van der Waals surface area contributed by atoms with Crippen molar-refractivity contribution in [1.29, 1.82) is 5.26 Å². The van der Waals surface area contributed by atoms with Gasteiger partial charge in [-0.2, -0.15) is 5.26 Å². The highest BCUT2D eigenvalue weighted by Crippen LogP contribution is 2.39. The van der Waals surface area contributed by atoms with Gasteiger partial charge in [-0.05, 0) is 52.1 Å². The van der Waals surface area contributed by atoms with Gasteiger partial charge in [0.25, 0.3) is 5.56 Å². The van der Waals surface area contributed by atoms with E-state index < -0.39 is 5.60 Å². The maximum atomic E-state index is 12.8. The molecule has 0 saturated carbocycles. The van der Waals surface area contributed by atoms with Crippen molar-refractivity contribution in [3.05, 3.63) is 123 Å². The summed E-state index contributed by atoms with van der Waals surface area (Å²) in [5.41, 5.74) is 3.31. The van der Waals surface area contributed by atoms with Gasteiger partial charge in [-0.3, -0.25) is 4.79 Å². The monoisotopic (exact) mass is 494 g/mol. The number of halogens is 1. The highest BCUT2D eigenvalue weighted by atomic mass is 35.5. The van der Waals surface area contributed by atoms with Crippen LogP contribution < -0.4 is 5.56 Å². The second-order valence-electron chi connectivity index (χ2n) is 8.83. The van der Waals surface area contributed by atoms with Crippen molar-refractivity contribution < 1.29 is 5.11 Å². The lowest BCUT2D eigenvalue weighted by Crippen LogP contribution is -2.31. The van der Waals surface area contributed by atoms with Crippen molar-refractivity contribution >= 4 is 22.5 Å². The molecule has 1 unspecified atom stereocenters. The third kappa shape index (κ3) is 3.89. The van der Waals surface area contributed by atoms with Gasteiger partial charge in [-0.25, -0.2) is 4.98 Å². The number of pyridine rings is 1. The molecule has 0 aliphatic heterocycles. The maximum Gasteiger partial charge on any atom is 0.251 e. The molecule has 3 aromatic carbocycles. The Morgan fingerprint density at radius 2 is 1.78 bits per heavy atom. The first-order valence-electron chi connectivity index (χ1n) is 11.4. The number of imidazole rings is 1. The molecule has 0 amide bonds. The molecule has 36 heavy (non-hydrogen) atoms. The van der Waals surface area contributed by atoms with Gasteiger partial charge >= 0.3 is 0 Å². The van der Waals surface area contributed by atoms with Gasteiger partial charge in [-0.15, -0.1) is 0 Å². The third-order valence-electron chi connectivity index (χ3n) is 6.64. The average molecular weight is 495 g/mol. The minimum Gasteiger partial charge on any atom is -0.374 e. The summed E-state index contributed by atoms with van der Waals surface area (Å²) in [6.45, 7) is 0. The molecule has 0 radical (unpaired) electrons. The zero-order valence-electron chi connectivity index (χ0n) is 19.8. The molecule has 6 nitrogen and oxygen atoms in total. The smallest absolute Gasteiger partial charge is 0.251 e. The predicted octanol–water partition coefficient (Wildman–Crippen LogP) is 4.94. The maximum absolute atomic E-state index is 12.8. The molecule has 1 atom stereocenters. The first-order chi connectivity index (χ1) is 17.3. The number of benzene rings is 3. The minimum atomic E-state index is -1.54. The molecular weight excluding hydrogens is 472 g/mol. The lowest BCUT2D eigenvalue weighted by atomic mass is 9.82. The van der Waals surface area contributed by atoms with Crippen LogP contribution in [0.1, 0.15) is 22.4 Å². The largest absolute Gasteiger partial charge is 0.374 e. The number of aliphatic hydroxyl groups is 1. The highest BCUT2D eigenvalue weighted by molar-refractivity contribution is 6.30. The summed E-state index contributed by atoms with van der Waals surface area (Å²) < 4.78 is 3.37. The topological polar surface area (TPSA) is 83.8 Å². The Balaban J connectivity index is 1.80. The number of aryl methyl sites for hydroxylation is 2. The van der Waals surface area contributed by atoms with Crippen LogP contribution in [0, 0.1) is 11.3 Å². The standard InChI is InChI=1S/C29H23ClN4O2/c1-33-18-32-17-27(33)29(36,21-8-6-19(7-9-21)12-13-31)22-10-11-26-25(15-22)24(16-28(35)34(26)2)20-4-3-5-23(30)14-20/h3-11,14-18,36H,12H2,1-2H3. The van der Waals surface area contributed by atoms with Crippen LogP contribution in [0.4, 0.5) is 0 Å². The summed E-state index contributed by atoms with van der Waals surface area (Å²) in [6, 6.07) is 24.1. The number of aromatic nitrogens is 3. The quantitative estimate of drug-likeness (QED) is 0.375. The Morgan fingerprint density at radius 3 is 2.44 bits per heavy atom. The fourth-order valence-electron chi connectivity index (χ4n) is 4.70. The normalized spacial score (nSPS) is 12.9. The van der Waals surface area contributed by atoms with Crippen molar-refractivity contribution in [3.8, 4) is 17.2 Å². The predicted molar refractivity (Wildman–Crippen MR) is 141 cm³/mol. The number of nitrogens with zero attached hydrogens (tertiary/aromatic N) is 4. The van der Waals surface area contributed by atoms with E-state index in [1.165, 1.54) is 0 Å². The van der Waals surface area contributed by atoms with E-state index >= 15 is 0 Å². The van der Waals surface area contributed by atoms with Crippen LogP contribution in [-0.4, -0.2) is 19.2 Å². The van der Waals surface area contributed by atoms with Gasteiger partial charge in [-0.1, -0.05) is 54.1 Å². The summed E-state index contributed by atoms with van der Waals surface area (Å²) in [7, 11) is 3.56. The molecule has 2 aromatic heterocycles. The molecule has 178 valence electrons.